The van der Waals surface area contributed by atoms with Gasteiger partial charge in [-0.2, -0.15) is 5.21 Å². The van der Waals surface area contributed by atoms with Gasteiger partial charge in [0.25, 0.3) is 5.91 Å². The van der Waals surface area contributed by atoms with Crippen molar-refractivity contribution in [1.29, 1.82) is 0 Å². The van der Waals surface area contributed by atoms with Crippen LogP contribution in [0.25, 0.3) is 11.4 Å². The lowest BCUT2D eigenvalue weighted by molar-refractivity contribution is 0.0953. The fourth-order valence-electron chi connectivity index (χ4n) is 1.98. The Morgan fingerprint density at radius 3 is 2.86 bits per heavy atom. The predicted octanol–water partition coefficient (Wildman–Crippen LogP) is 1.15. The number of H-pyrrole nitrogens is 1. The summed E-state index contributed by atoms with van der Waals surface area (Å²) in [6.45, 7) is 0.867. The van der Waals surface area contributed by atoms with Crippen molar-refractivity contribution in [3.05, 3.63) is 29.8 Å². The highest BCUT2D eigenvalue weighted by Gasteiger charge is 2.08. The van der Waals surface area contributed by atoms with Gasteiger partial charge in [0.2, 0.25) is 5.82 Å². The maximum atomic E-state index is 12.0. The van der Waals surface area contributed by atoms with Crippen molar-refractivity contribution in [3.8, 4) is 11.4 Å². The van der Waals surface area contributed by atoms with E-state index in [1.54, 1.807) is 18.2 Å². The molecule has 0 aliphatic rings. The average Bonchev–Trinajstić information content (AvgIpc) is 3.05. The number of carbonyl (C=O) groups is 1. The van der Waals surface area contributed by atoms with E-state index in [0.717, 1.165) is 31.2 Å². The fraction of sp³-hybridized carbons (Fsp3) is 0.429. The molecule has 7 heteroatoms. The number of aromatic nitrogens is 4. The first-order valence-electron chi connectivity index (χ1n) is 7.04. The third-order valence-electron chi connectivity index (χ3n) is 3.10. The molecule has 1 heterocycles. The SMILES string of the molecule is O=C(NCCCCCCO)c1cccc(-c2nn[nH]n2)c1. The molecule has 2 rings (SSSR count). The molecule has 0 saturated carbocycles. The van der Waals surface area contributed by atoms with Gasteiger partial charge in [0.05, 0.1) is 0 Å². The maximum absolute atomic E-state index is 12.0. The van der Waals surface area contributed by atoms with Gasteiger partial charge >= 0.3 is 0 Å². The minimum absolute atomic E-state index is 0.109. The van der Waals surface area contributed by atoms with Crippen molar-refractivity contribution < 1.29 is 9.90 Å². The van der Waals surface area contributed by atoms with E-state index < -0.39 is 0 Å². The van der Waals surface area contributed by atoms with Crippen molar-refractivity contribution in [3.63, 3.8) is 0 Å². The monoisotopic (exact) mass is 289 g/mol. The Morgan fingerprint density at radius 2 is 2.10 bits per heavy atom. The van der Waals surface area contributed by atoms with E-state index in [9.17, 15) is 4.79 Å². The number of benzene rings is 1. The number of aromatic amines is 1. The molecule has 0 aliphatic carbocycles. The topological polar surface area (TPSA) is 104 Å². The summed E-state index contributed by atoms with van der Waals surface area (Å²) in [6.07, 6.45) is 3.72. The normalized spacial score (nSPS) is 10.5. The zero-order chi connectivity index (χ0) is 14.9. The molecule has 1 aromatic heterocycles. The molecular weight excluding hydrogens is 270 g/mol. The molecule has 112 valence electrons. The van der Waals surface area contributed by atoms with E-state index in [1.165, 1.54) is 0 Å². The molecule has 0 saturated heterocycles. The number of aliphatic hydroxyl groups is 1. The number of nitrogens with one attached hydrogen (secondary N) is 2. The van der Waals surface area contributed by atoms with E-state index in [2.05, 4.69) is 25.9 Å². The maximum Gasteiger partial charge on any atom is 0.251 e. The smallest absolute Gasteiger partial charge is 0.251 e. The van der Waals surface area contributed by atoms with Crippen LogP contribution in [0.3, 0.4) is 0 Å². The van der Waals surface area contributed by atoms with Crippen LogP contribution in [0.2, 0.25) is 0 Å². The van der Waals surface area contributed by atoms with E-state index >= 15 is 0 Å². The summed E-state index contributed by atoms with van der Waals surface area (Å²) in [4.78, 5) is 12.0. The van der Waals surface area contributed by atoms with Crippen molar-refractivity contribution in [2.45, 2.75) is 25.7 Å². The summed E-state index contributed by atoms with van der Waals surface area (Å²) in [7, 11) is 0. The summed E-state index contributed by atoms with van der Waals surface area (Å²) in [5, 5.41) is 25.2. The number of aliphatic hydroxyl groups excluding tert-OH is 1. The standard InChI is InChI=1S/C14H19N5O2/c20-9-4-2-1-3-8-15-14(21)12-7-5-6-11(10-12)13-16-18-19-17-13/h5-7,10,20H,1-4,8-9H2,(H,15,21)(H,16,17,18,19). The van der Waals surface area contributed by atoms with Crippen LogP contribution in [0.5, 0.6) is 0 Å². The zero-order valence-electron chi connectivity index (χ0n) is 11.7. The second-order valence-electron chi connectivity index (χ2n) is 4.71. The van der Waals surface area contributed by atoms with Crippen LogP contribution in [0.15, 0.2) is 24.3 Å². The molecule has 21 heavy (non-hydrogen) atoms. The second-order valence-corrected chi connectivity index (χ2v) is 4.71. The Bertz CT molecular complexity index is 556. The summed E-state index contributed by atoms with van der Waals surface area (Å²) in [6, 6.07) is 7.12. The molecule has 0 fully saturated rings. The summed E-state index contributed by atoms with van der Waals surface area (Å²) in [5.74, 6) is 0.358. The van der Waals surface area contributed by atoms with Gasteiger partial charge in [-0.05, 0) is 30.2 Å². The molecule has 7 nitrogen and oxygen atoms in total. The molecule has 0 unspecified atom stereocenters. The van der Waals surface area contributed by atoms with Crippen LogP contribution in [0.4, 0.5) is 0 Å². The van der Waals surface area contributed by atoms with Gasteiger partial charge in [0.15, 0.2) is 0 Å². The number of hydrogen-bond acceptors (Lipinski definition) is 5. The Kier molecular flexibility index (Phi) is 5.83. The Hall–Kier alpha value is -2.28. The average molecular weight is 289 g/mol. The molecule has 0 bridgehead atoms. The first kappa shape index (κ1) is 15.1. The molecule has 1 amide bonds. The Balaban J connectivity index is 1.84. The molecule has 0 aliphatic heterocycles. The van der Waals surface area contributed by atoms with Gasteiger partial charge in [-0.15, -0.1) is 10.2 Å². The van der Waals surface area contributed by atoms with Gasteiger partial charge in [-0.1, -0.05) is 25.0 Å². The number of rotatable bonds is 8. The van der Waals surface area contributed by atoms with E-state index in [-0.39, 0.29) is 12.5 Å². The molecule has 0 radical (unpaired) electrons. The van der Waals surface area contributed by atoms with Gasteiger partial charge in [0, 0.05) is 24.3 Å². The molecular formula is C14H19N5O2. The highest BCUT2D eigenvalue weighted by Crippen LogP contribution is 2.14. The lowest BCUT2D eigenvalue weighted by atomic mass is 10.1. The van der Waals surface area contributed by atoms with Crippen LogP contribution < -0.4 is 5.32 Å². The number of nitrogens with zero attached hydrogens (tertiary/aromatic N) is 3. The number of amides is 1. The van der Waals surface area contributed by atoms with Gasteiger partial charge in [0.1, 0.15) is 0 Å². The summed E-state index contributed by atoms with van der Waals surface area (Å²) < 4.78 is 0. The van der Waals surface area contributed by atoms with E-state index in [0.29, 0.717) is 17.9 Å². The lowest BCUT2D eigenvalue weighted by Gasteiger charge is -2.06. The number of tetrazole rings is 1. The second kappa shape index (κ2) is 8.11. The van der Waals surface area contributed by atoms with Crippen molar-refractivity contribution in [1.82, 2.24) is 25.9 Å². The molecule has 1 aromatic carbocycles. The minimum Gasteiger partial charge on any atom is -0.396 e. The fourth-order valence-corrected chi connectivity index (χ4v) is 1.98. The van der Waals surface area contributed by atoms with E-state index in [4.69, 9.17) is 5.11 Å². The predicted molar refractivity (Wildman–Crippen MR) is 77.5 cm³/mol. The largest absolute Gasteiger partial charge is 0.396 e. The minimum atomic E-state index is -0.109. The van der Waals surface area contributed by atoms with Crippen molar-refractivity contribution in [2.24, 2.45) is 0 Å². The highest BCUT2D eigenvalue weighted by atomic mass is 16.2. The molecule has 3 N–H and O–H groups in total. The Morgan fingerprint density at radius 1 is 1.24 bits per heavy atom. The number of unbranched alkanes of at least 4 members (excludes halogenated alkanes) is 3. The van der Waals surface area contributed by atoms with Crippen molar-refractivity contribution >= 4 is 5.91 Å². The molecule has 0 spiro atoms. The zero-order valence-corrected chi connectivity index (χ0v) is 11.7. The first-order valence-corrected chi connectivity index (χ1v) is 7.04. The highest BCUT2D eigenvalue weighted by molar-refractivity contribution is 5.95. The molecule has 0 atom stereocenters. The van der Waals surface area contributed by atoms with Gasteiger partial charge in [-0.25, -0.2) is 0 Å². The first-order chi connectivity index (χ1) is 10.3. The van der Waals surface area contributed by atoms with Crippen LogP contribution in [-0.4, -0.2) is 44.8 Å². The van der Waals surface area contributed by atoms with Gasteiger partial charge < -0.3 is 10.4 Å². The molecule has 2 aromatic rings. The lowest BCUT2D eigenvalue weighted by Crippen LogP contribution is -2.24. The third kappa shape index (κ3) is 4.64. The Labute approximate surface area is 122 Å². The van der Waals surface area contributed by atoms with Crippen LogP contribution >= 0.6 is 0 Å². The third-order valence-corrected chi connectivity index (χ3v) is 3.10. The van der Waals surface area contributed by atoms with Crippen LogP contribution in [0, 0.1) is 0 Å². The summed E-state index contributed by atoms with van der Waals surface area (Å²) >= 11 is 0. The number of hydrogen-bond donors (Lipinski definition) is 3. The van der Waals surface area contributed by atoms with Gasteiger partial charge in [-0.3, -0.25) is 4.79 Å². The quantitative estimate of drug-likeness (QED) is 0.632. The van der Waals surface area contributed by atoms with Crippen LogP contribution in [-0.2, 0) is 0 Å². The van der Waals surface area contributed by atoms with Crippen molar-refractivity contribution in [2.75, 3.05) is 13.2 Å². The van der Waals surface area contributed by atoms with Crippen LogP contribution in [0.1, 0.15) is 36.0 Å². The summed E-state index contributed by atoms with van der Waals surface area (Å²) in [5.41, 5.74) is 1.33. The number of carbonyl (C=O) groups excluding carboxylic acids is 1. The van der Waals surface area contributed by atoms with E-state index in [1.807, 2.05) is 6.07 Å².